The fraction of sp³-hybridized carbons (Fsp3) is 0.619. The first-order valence-corrected chi connectivity index (χ1v) is 11.0. The second kappa shape index (κ2) is 12.0. The quantitative estimate of drug-likeness (QED) is 0.395. The van der Waals surface area contributed by atoms with Gasteiger partial charge in [-0.15, -0.1) is 11.8 Å². The van der Waals surface area contributed by atoms with Gasteiger partial charge in [0.05, 0.1) is 13.1 Å². The summed E-state index contributed by atoms with van der Waals surface area (Å²) in [5.41, 5.74) is 0. The van der Waals surface area contributed by atoms with E-state index in [9.17, 15) is 4.79 Å². The van der Waals surface area contributed by atoms with Crippen LogP contribution in [0.3, 0.4) is 0 Å². The van der Waals surface area contributed by atoms with Crippen molar-refractivity contribution in [2.45, 2.75) is 42.9 Å². The van der Waals surface area contributed by atoms with Gasteiger partial charge in [-0.3, -0.25) is 14.7 Å². The average molecular weight is 406 g/mol. The zero-order valence-electron chi connectivity index (χ0n) is 17.6. The number of hydrogen-bond donors (Lipinski definition) is 2. The molecule has 7 heteroatoms. The number of aliphatic imine (C=N–C) groups is 1. The smallest absolute Gasteiger partial charge is 0.236 e. The number of amides is 1. The van der Waals surface area contributed by atoms with Gasteiger partial charge in [0.1, 0.15) is 0 Å². The van der Waals surface area contributed by atoms with Crippen molar-refractivity contribution in [2.24, 2.45) is 4.99 Å². The fourth-order valence-electron chi connectivity index (χ4n) is 3.07. The molecular formula is C21H35N5OS. The molecule has 28 heavy (non-hydrogen) atoms. The Morgan fingerprint density at radius 3 is 2.57 bits per heavy atom. The maximum Gasteiger partial charge on any atom is 0.236 e. The Bertz CT molecular complexity index is 614. The molecule has 1 atom stereocenters. The van der Waals surface area contributed by atoms with Crippen LogP contribution >= 0.6 is 11.8 Å². The summed E-state index contributed by atoms with van der Waals surface area (Å²) in [6, 6.07) is 10.9. The first-order valence-electron chi connectivity index (χ1n) is 10.2. The van der Waals surface area contributed by atoms with Crippen molar-refractivity contribution < 1.29 is 4.79 Å². The minimum atomic E-state index is 0.172. The molecule has 6 nitrogen and oxygen atoms in total. The molecule has 1 aromatic rings. The van der Waals surface area contributed by atoms with Crippen molar-refractivity contribution in [3.05, 3.63) is 30.3 Å². The van der Waals surface area contributed by atoms with E-state index in [4.69, 9.17) is 4.99 Å². The summed E-state index contributed by atoms with van der Waals surface area (Å²) < 4.78 is 0. The van der Waals surface area contributed by atoms with Crippen molar-refractivity contribution in [3.8, 4) is 0 Å². The van der Waals surface area contributed by atoms with Gasteiger partial charge in [0.15, 0.2) is 5.96 Å². The number of benzene rings is 1. The third kappa shape index (κ3) is 8.10. The number of hydrogen-bond acceptors (Lipinski definition) is 4. The van der Waals surface area contributed by atoms with Gasteiger partial charge in [0, 0.05) is 49.9 Å². The summed E-state index contributed by atoms with van der Waals surface area (Å²) in [4.78, 5) is 21.8. The van der Waals surface area contributed by atoms with Gasteiger partial charge in [0.2, 0.25) is 5.91 Å². The Balaban J connectivity index is 1.79. The Hall–Kier alpha value is -1.73. The van der Waals surface area contributed by atoms with Crippen LogP contribution in [0.1, 0.15) is 26.7 Å². The zero-order chi connectivity index (χ0) is 20.4. The normalized spacial score (nSPS) is 17.2. The molecule has 1 heterocycles. The molecule has 1 aliphatic heterocycles. The summed E-state index contributed by atoms with van der Waals surface area (Å²) in [7, 11) is 3.62. The van der Waals surface area contributed by atoms with Gasteiger partial charge >= 0.3 is 0 Å². The van der Waals surface area contributed by atoms with E-state index in [1.807, 2.05) is 31.9 Å². The summed E-state index contributed by atoms with van der Waals surface area (Å²) in [6.45, 7) is 8.32. The SMILES string of the molecule is CCNC(=NCC(C)Sc1ccccc1)NC1CCN(CC(=O)N(C)C)CC1. The molecule has 0 spiro atoms. The number of likely N-dealkylation sites (tertiary alicyclic amines) is 1. The van der Waals surface area contributed by atoms with Gasteiger partial charge in [-0.1, -0.05) is 25.1 Å². The summed E-state index contributed by atoms with van der Waals surface area (Å²) in [5, 5.41) is 7.36. The van der Waals surface area contributed by atoms with Crippen molar-refractivity contribution in [1.82, 2.24) is 20.4 Å². The number of carbonyl (C=O) groups excluding carboxylic acids is 1. The van der Waals surface area contributed by atoms with Crippen molar-refractivity contribution >= 4 is 23.6 Å². The lowest BCUT2D eigenvalue weighted by Crippen LogP contribution is -2.50. The number of piperidine rings is 1. The van der Waals surface area contributed by atoms with Crippen LogP contribution in [-0.4, -0.2) is 79.8 Å². The number of rotatable bonds is 8. The lowest BCUT2D eigenvalue weighted by molar-refractivity contribution is -0.130. The first-order chi connectivity index (χ1) is 13.5. The monoisotopic (exact) mass is 405 g/mol. The second-order valence-electron chi connectivity index (χ2n) is 7.44. The number of thioether (sulfide) groups is 1. The lowest BCUT2D eigenvalue weighted by atomic mass is 10.1. The Labute approximate surface area is 174 Å². The second-order valence-corrected chi connectivity index (χ2v) is 8.96. The molecule has 2 rings (SSSR count). The molecule has 1 aliphatic rings. The van der Waals surface area contributed by atoms with E-state index in [1.54, 1.807) is 4.90 Å². The predicted molar refractivity (Wildman–Crippen MR) is 119 cm³/mol. The van der Waals surface area contributed by atoms with E-state index in [-0.39, 0.29) is 5.91 Å². The summed E-state index contributed by atoms with van der Waals surface area (Å²) in [5.74, 6) is 1.07. The topological polar surface area (TPSA) is 60.0 Å². The number of nitrogens with zero attached hydrogens (tertiary/aromatic N) is 3. The van der Waals surface area contributed by atoms with Crippen LogP contribution in [0.25, 0.3) is 0 Å². The van der Waals surface area contributed by atoms with Gasteiger partial charge in [-0.05, 0) is 31.9 Å². The van der Waals surface area contributed by atoms with Crippen LogP contribution in [-0.2, 0) is 4.79 Å². The third-order valence-electron chi connectivity index (χ3n) is 4.72. The van der Waals surface area contributed by atoms with Crippen molar-refractivity contribution in [3.63, 3.8) is 0 Å². The van der Waals surface area contributed by atoms with Crippen LogP contribution in [0.2, 0.25) is 0 Å². The molecule has 0 bridgehead atoms. The van der Waals surface area contributed by atoms with Gasteiger partial charge < -0.3 is 15.5 Å². The van der Waals surface area contributed by atoms with Crippen molar-refractivity contribution in [2.75, 3.05) is 46.8 Å². The number of guanidine groups is 1. The third-order valence-corrected chi connectivity index (χ3v) is 5.81. The van der Waals surface area contributed by atoms with E-state index in [0.29, 0.717) is 17.8 Å². The van der Waals surface area contributed by atoms with Gasteiger partial charge in [-0.25, -0.2) is 0 Å². The molecule has 0 aromatic heterocycles. The number of likely N-dealkylation sites (N-methyl/N-ethyl adjacent to an activating group) is 1. The maximum atomic E-state index is 11.9. The van der Waals surface area contributed by atoms with E-state index in [1.165, 1.54) is 4.90 Å². The molecule has 1 fully saturated rings. The molecule has 1 unspecified atom stereocenters. The number of nitrogens with one attached hydrogen (secondary N) is 2. The van der Waals surface area contributed by atoms with E-state index in [0.717, 1.165) is 45.0 Å². The Morgan fingerprint density at radius 2 is 1.96 bits per heavy atom. The zero-order valence-corrected chi connectivity index (χ0v) is 18.5. The van der Waals surface area contributed by atoms with Crippen LogP contribution < -0.4 is 10.6 Å². The molecule has 1 aromatic carbocycles. The maximum absolute atomic E-state index is 11.9. The molecule has 0 radical (unpaired) electrons. The van der Waals surface area contributed by atoms with E-state index in [2.05, 4.69) is 53.6 Å². The average Bonchev–Trinajstić information content (AvgIpc) is 2.68. The molecule has 1 saturated heterocycles. The van der Waals surface area contributed by atoms with Gasteiger partial charge in [-0.2, -0.15) is 0 Å². The van der Waals surface area contributed by atoms with Crippen molar-refractivity contribution in [1.29, 1.82) is 0 Å². The predicted octanol–water partition coefficient (Wildman–Crippen LogP) is 2.27. The van der Waals surface area contributed by atoms with Crippen LogP contribution in [0, 0.1) is 0 Å². The Morgan fingerprint density at radius 1 is 1.29 bits per heavy atom. The van der Waals surface area contributed by atoms with Crippen LogP contribution in [0.4, 0.5) is 0 Å². The summed E-state index contributed by atoms with van der Waals surface area (Å²) >= 11 is 1.85. The highest BCUT2D eigenvalue weighted by Gasteiger charge is 2.22. The lowest BCUT2D eigenvalue weighted by Gasteiger charge is -2.33. The standard InChI is InChI=1S/C21H35N5OS/c1-5-22-21(23-15-17(2)28-19-9-7-6-8-10-19)24-18-11-13-26(14-12-18)16-20(27)25(3)4/h6-10,17-18H,5,11-16H2,1-4H3,(H2,22,23,24). The minimum absolute atomic E-state index is 0.172. The van der Waals surface area contributed by atoms with E-state index >= 15 is 0 Å². The van der Waals surface area contributed by atoms with E-state index < -0.39 is 0 Å². The molecule has 0 saturated carbocycles. The number of carbonyl (C=O) groups is 1. The Kier molecular flexibility index (Phi) is 9.64. The highest BCUT2D eigenvalue weighted by Crippen LogP contribution is 2.22. The minimum Gasteiger partial charge on any atom is -0.357 e. The highest BCUT2D eigenvalue weighted by atomic mass is 32.2. The molecule has 0 aliphatic carbocycles. The molecular weight excluding hydrogens is 370 g/mol. The van der Waals surface area contributed by atoms with Crippen LogP contribution in [0.5, 0.6) is 0 Å². The highest BCUT2D eigenvalue weighted by molar-refractivity contribution is 8.00. The summed E-state index contributed by atoms with van der Waals surface area (Å²) in [6.07, 6.45) is 2.05. The van der Waals surface area contributed by atoms with Gasteiger partial charge in [0.25, 0.3) is 0 Å². The molecule has 1 amide bonds. The fourth-order valence-corrected chi connectivity index (χ4v) is 4.00. The molecule has 156 valence electrons. The molecule has 2 N–H and O–H groups in total. The first kappa shape index (κ1) is 22.6. The van der Waals surface area contributed by atoms with Crippen LogP contribution in [0.15, 0.2) is 40.2 Å². The largest absolute Gasteiger partial charge is 0.357 e.